The van der Waals surface area contributed by atoms with Gasteiger partial charge in [0.2, 0.25) is 0 Å². The van der Waals surface area contributed by atoms with Crippen molar-refractivity contribution in [3.8, 4) is 0 Å². The average molecular weight is 231 g/mol. The van der Waals surface area contributed by atoms with Gasteiger partial charge in [0.25, 0.3) is 0 Å². The largest absolute Gasteiger partial charge is 0.256 e. The van der Waals surface area contributed by atoms with Crippen molar-refractivity contribution in [3.05, 3.63) is 78.0 Å². The third kappa shape index (κ3) is 2.16. The zero-order valence-electron chi connectivity index (χ0n) is 9.95. The van der Waals surface area contributed by atoms with Gasteiger partial charge in [-0.2, -0.15) is 0 Å². The zero-order chi connectivity index (χ0) is 12.2. The summed E-state index contributed by atoms with van der Waals surface area (Å²) in [6.07, 6.45) is 6.07. The van der Waals surface area contributed by atoms with E-state index in [1.165, 1.54) is 10.9 Å². The third-order valence-corrected chi connectivity index (χ3v) is 2.92. The van der Waals surface area contributed by atoms with Gasteiger partial charge in [-0.05, 0) is 11.6 Å². The van der Waals surface area contributed by atoms with Gasteiger partial charge in [-0.25, -0.2) is 0 Å². The zero-order valence-corrected chi connectivity index (χ0v) is 9.95. The normalized spacial score (nSPS) is 11.1. The van der Waals surface area contributed by atoms with Gasteiger partial charge in [0.1, 0.15) is 0 Å². The number of hydrogen-bond donors (Lipinski definition) is 0. The van der Waals surface area contributed by atoms with Gasteiger partial charge in [-0.15, -0.1) is 0 Å². The van der Waals surface area contributed by atoms with Crippen LogP contribution in [-0.4, -0.2) is 4.98 Å². The van der Waals surface area contributed by atoms with Crippen LogP contribution in [0, 0.1) is 0 Å². The van der Waals surface area contributed by atoms with Crippen molar-refractivity contribution < 1.29 is 0 Å². The van der Waals surface area contributed by atoms with Crippen molar-refractivity contribution in [2.24, 2.45) is 0 Å². The van der Waals surface area contributed by atoms with Gasteiger partial charge < -0.3 is 0 Å². The molecule has 0 amide bonds. The van der Waals surface area contributed by atoms with Crippen molar-refractivity contribution >= 4 is 23.1 Å². The second-order valence-corrected chi connectivity index (χ2v) is 4.17. The molecule has 86 valence electrons. The van der Waals surface area contributed by atoms with Gasteiger partial charge >= 0.3 is 0 Å². The van der Waals surface area contributed by atoms with E-state index in [0.29, 0.717) is 0 Å². The first-order chi connectivity index (χ1) is 8.93. The summed E-state index contributed by atoms with van der Waals surface area (Å²) < 4.78 is 0. The van der Waals surface area contributed by atoms with Crippen LogP contribution in [0.15, 0.2) is 66.9 Å². The molecule has 2 aromatic carbocycles. The third-order valence-electron chi connectivity index (χ3n) is 2.92. The first-order valence-electron chi connectivity index (χ1n) is 6.00. The molecule has 18 heavy (non-hydrogen) atoms. The summed E-state index contributed by atoms with van der Waals surface area (Å²) in [7, 11) is 0. The van der Waals surface area contributed by atoms with Crippen LogP contribution in [0.2, 0.25) is 0 Å². The molecule has 0 radical (unpaired) electrons. The standard InChI is InChI=1S/C17H13N/c1-2-6-14(7-3-1)11-12-16-9-4-8-15-10-5-13-18-17(15)16/h1-13H. The quantitative estimate of drug-likeness (QED) is 0.595. The Kier molecular flexibility index (Phi) is 2.89. The maximum Gasteiger partial charge on any atom is 0.0774 e. The Morgan fingerprint density at radius 1 is 0.722 bits per heavy atom. The Balaban J connectivity index is 2.03. The fourth-order valence-corrected chi connectivity index (χ4v) is 2.01. The van der Waals surface area contributed by atoms with Gasteiger partial charge in [0.05, 0.1) is 5.52 Å². The lowest BCUT2D eigenvalue weighted by molar-refractivity contribution is 1.41. The number of benzene rings is 2. The second kappa shape index (κ2) is 4.84. The first kappa shape index (κ1) is 10.7. The molecule has 0 aliphatic heterocycles. The number of rotatable bonds is 2. The van der Waals surface area contributed by atoms with Gasteiger partial charge in [0.15, 0.2) is 0 Å². The molecule has 0 saturated heterocycles. The minimum Gasteiger partial charge on any atom is -0.256 e. The fourth-order valence-electron chi connectivity index (χ4n) is 2.01. The van der Waals surface area contributed by atoms with Crippen LogP contribution in [0.5, 0.6) is 0 Å². The predicted octanol–water partition coefficient (Wildman–Crippen LogP) is 4.41. The Morgan fingerprint density at radius 3 is 2.44 bits per heavy atom. The van der Waals surface area contributed by atoms with E-state index in [4.69, 9.17) is 0 Å². The molecule has 3 rings (SSSR count). The van der Waals surface area contributed by atoms with Crippen molar-refractivity contribution in [1.29, 1.82) is 0 Å². The molecular formula is C17H13N. The Labute approximate surface area is 106 Å². The number of para-hydroxylation sites is 1. The minimum absolute atomic E-state index is 1.05. The molecule has 0 N–H and O–H groups in total. The summed E-state index contributed by atoms with van der Waals surface area (Å²) in [5.74, 6) is 0. The molecule has 0 atom stereocenters. The van der Waals surface area contributed by atoms with Crippen LogP contribution in [0.3, 0.4) is 0 Å². The number of aromatic nitrogens is 1. The highest BCUT2D eigenvalue weighted by molar-refractivity contribution is 5.89. The summed E-state index contributed by atoms with van der Waals surface area (Å²) in [5.41, 5.74) is 3.40. The average Bonchev–Trinajstić information content (AvgIpc) is 2.46. The van der Waals surface area contributed by atoms with Gasteiger partial charge in [0, 0.05) is 17.1 Å². The number of nitrogens with zero attached hydrogens (tertiary/aromatic N) is 1. The Morgan fingerprint density at radius 2 is 1.56 bits per heavy atom. The van der Waals surface area contributed by atoms with Crippen LogP contribution in [-0.2, 0) is 0 Å². The summed E-state index contributed by atoms with van der Waals surface area (Å²) in [5, 5.41) is 1.17. The van der Waals surface area contributed by atoms with E-state index in [1.54, 1.807) is 0 Å². The van der Waals surface area contributed by atoms with Crippen LogP contribution < -0.4 is 0 Å². The van der Waals surface area contributed by atoms with Crippen molar-refractivity contribution in [2.45, 2.75) is 0 Å². The molecule has 1 heteroatoms. The number of fused-ring (bicyclic) bond motifs is 1. The molecule has 1 nitrogen and oxygen atoms in total. The van der Waals surface area contributed by atoms with Crippen LogP contribution in [0.25, 0.3) is 23.1 Å². The van der Waals surface area contributed by atoms with Crippen molar-refractivity contribution in [2.75, 3.05) is 0 Å². The maximum atomic E-state index is 4.44. The lowest BCUT2D eigenvalue weighted by atomic mass is 10.1. The molecule has 0 aliphatic rings. The summed E-state index contributed by atoms with van der Waals surface area (Å²) in [6, 6.07) is 20.6. The molecule has 0 saturated carbocycles. The van der Waals surface area contributed by atoms with E-state index in [1.807, 2.05) is 30.5 Å². The van der Waals surface area contributed by atoms with E-state index < -0.39 is 0 Å². The maximum absolute atomic E-state index is 4.44. The lowest BCUT2D eigenvalue weighted by Gasteiger charge is -2.00. The molecular weight excluding hydrogens is 218 g/mol. The first-order valence-corrected chi connectivity index (χ1v) is 6.00. The molecule has 0 spiro atoms. The summed E-state index contributed by atoms with van der Waals surface area (Å²) in [4.78, 5) is 4.44. The highest BCUT2D eigenvalue weighted by Gasteiger charge is 1.97. The van der Waals surface area contributed by atoms with E-state index in [-0.39, 0.29) is 0 Å². The van der Waals surface area contributed by atoms with E-state index >= 15 is 0 Å². The van der Waals surface area contributed by atoms with E-state index in [2.05, 4.69) is 53.5 Å². The molecule has 3 aromatic rings. The number of hydrogen-bond acceptors (Lipinski definition) is 1. The van der Waals surface area contributed by atoms with Gasteiger partial charge in [-0.1, -0.05) is 66.7 Å². The topological polar surface area (TPSA) is 12.9 Å². The lowest BCUT2D eigenvalue weighted by Crippen LogP contribution is -1.81. The Hall–Kier alpha value is -2.41. The molecule has 1 heterocycles. The monoisotopic (exact) mass is 231 g/mol. The smallest absolute Gasteiger partial charge is 0.0774 e. The molecule has 1 aromatic heterocycles. The molecule has 0 unspecified atom stereocenters. The highest BCUT2D eigenvalue weighted by Crippen LogP contribution is 2.18. The van der Waals surface area contributed by atoms with E-state index in [9.17, 15) is 0 Å². The SMILES string of the molecule is C(=Cc1cccc2cccnc12)c1ccccc1. The minimum atomic E-state index is 1.05. The van der Waals surface area contributed by atoms with E-state index in [0.717, 1.165) is 11.1 Å². The van der Waals surface area contributed by atoms with Crippen LogP contribution >= 0.6 is 0 Å². The van der Waals surface area contributed by atoms with Crippen LogP contribution in [0.1, 0.15) is 11.1 Å². The Bertz CT molecular complexity index is 679. The van der Waals surface area contributed by atoms with Crippen LogP contribution in [0.4, 0.5) is 0 Å². The fraction of sp³-hybridized carbons (Fsp3) is 0. The number of pyridine rings is 1. The molecule has 0 bridgehead atoms. The summed E-state index contributed by atoms with van der Waals surface area (Å²) in [6.45, 7) is 0. The highest BCUT2D eigenvalue weighted by atomic mass is 14.6. The van der Waals surface area contributed by atoms with Gasteiger partial charge in [-0.3, -0.25) is 4.98 Å². The predicted molar refractivity (Wildman–Crippen MR) is 77.1 cm³/mol. The molecule has 0 fully saturated rings. The van der Waals surface area contributed by atoms with Crippen molar-refractivity contribution in [1.82, 2.24) is 4.98 Å². The second-order valence-electron chi connectivity index (χ2n) is 4.17. The summed E-state index contributed by atoms with van der Waals surface area (Å²) >= 11 is 0. The molecule has 0 aliphatic carbocycles. The van der Waals surface area contributed by atoms with Crippen molar-refractivity contribution in [3.63, 3.8) is 0 Å².